The van der Waals surface area contributed by atoms with Crippen LogP contribution in [0.15, 0.2) is 24.3 Å². The monoisotopic (exact) mass is 270 g/mol. The average Bonchev–Trinajstić information content (AvgIpc) is 2.37. The Kier molecular flexibility index (Phi) is 7.81. The fourth-order valence-electron chi connectivity index (χ4n) is 1.57. The summed E-state index contributed by atoms with van der Waals surface area (Å²) in [5, 5.41) is 7.52. The summed E-state index contributed by atoms with van der Waals surface area (Å²) in [6, 6.07) is 7.90. The van der Waals surface area contributed by atoms with Crippen molar-refractivity contribution >= 4 is 11.6 Å². The number of ether oxygens (including phenoxy) is 1. The minimum absolute atomic E-state index is 0.463. The molecule has 0 heterocycles. The lowest BCUT2D eigenvalue weighted by atomic mass is 10.3. The number of hydrogen-bond donors (Lipinski definition) is 2. The molecule has 0 aliphatic carbocycles. The number of benzene rings is 1. The zero-order valence-electron chi connectivity index (χ0n) is 11.2. The van der Waals surface area contributed by atoms with E-state index in [2.05, 4.69) is 24.5 Å². The van der Waals surface area contributed by atoms with Crippen LogP contribution in [0.1, 0.15) is 20.3 Å². The lowest BCUT2D eigenvalue weighted by Gasteiger charge is -2.14. The Morgan fingerprint density at radius 3 is 2.61 bits per heavy atom. The van der Waals surface area contributed by atoms with E-state index in [0.29, 0.717) is 12.6 Å². The van der Waals surface area contributed by atoms with Gasteiger partial charge in [0.15, 0.2) is 0 Å². The van der Waals surface area contributed by atoms with Crippen molar-refractivity contribution in [2.24, 2.45) is 0 Å². The van der Waals surface area contributed by atoms with Crippen LogP contribution in [0, 0.1) is 0 Å². The van der Waals surface area contributed by atoms with Crippen LogP contribution in [-0.4, -0.2) is 32.3 Å². The van der Waals surface area contributed by atoms with Crippen molar-refractivity contribution in [1.82, 2.24) is 10.6 Å². The van der Waals surface area contributed by atoms with Gasteiger partial charge in [0.05, 0.1) is 0 Å². The zero-order valence-corrected chi connectivity index (χ0v) is 12.0. The van der Waals surface area contributed by atoms with Crippen molar-refractivity contribution in [3.05, 3.63) is 29.3 Å². The highest BCUT2D eigenvalue weighted by molar-refractivity contribution is 6.30. The molecular formula is C14H23ClN2O. The number of hydrogen-bond acceptors (Lipinski definition) is 3. The van der Waals surface area contributed by atoms with Gasteiger partial charge in [-0.3, -0.25) is 0 Å². The van der Waals surface area contributed by atoms with E-state index in [4.69, 9.17) is 16.3 Å². The molecule has 2 N–H and O–H groups in total. The summed E-state index contributed by atoms with van der Waals surface area (Å²) in [7, 11) is 0. The molecule has 0 fully saturated rings. The summed E-state index contributed by atoms with van der Waals surface area (Å²) in [6.07, 6.45) is 1.17. The third-order valence-electron chi connectivity index (χ3n) is 2.55. The molecule has 0 amide bonds. The average molecular weight is 271 g/mol. The molecule has 1 atom stereocenters. The Morgan fingerprint density at radius 1 is 1.22 bits per heavy atom. The van der Waals surface area contributed by atoms with Crippen LogP contribution in [0.3, 0.4) is 0 Å². The highest BCUT2D eigenvalue weighted by Crippen LogP contribution is 2.14. The highest BCUT2D eigenvalue weighted by Gasteiger charge is 2.00. The van der Waals surface area contributed by atoms with E-state index < -0.39 is 0 Å². The Labute approximate surface area is 115 Å². The standard InChI is InChI=1S/C14H23ClN2O/c1-3-8-16-11-12(2)17-9-10-18-14-6-4-13(15)5-7-14/h4-7,12,16-17H,3,8-11H2,1-2H3. The van der Waals surface area contributed by atoms with Gasteiger partial charge in [0.1, 0.15) is 12.4 Å². The molecule has 102 valence electrons. The second kappa shape index (κ2) is 9.20. The van der Waals surface area contributed by atoms with Gasteiger partial charge in [-0.15, -0.1) is 0 Å². The van der Waals surface area contributed by atoms with E-state index in [-0.39, 0.29) is 0 Å². The van der Waals surface area contributed by atoms with Crippen LogP contribution < -0.4 is 15.4 Å². The van der Waals surface area contributed by atoms with Crippen LogP contribution in [-0.2, 0) is 0 Å². The summed E-state index contributed by atoms with van der Waals surface area (Å²) in [5.74, 6) is 0.859. The topological polar surface area (TPSA) is 33.3 Å². The van der Waals surface area contributed by atoms with Gasteiger partial charge >= 0.3 is 0 Å². The largest absolute Gasteiger partial charge is 0.492 e. The van der Waals surface area contributed by atoms with Crippen LogP contribution in [0.5, 0.6) is 5.75 Å². The number of nitrogens with one attached hydrogen (secondary N) is 2. The summed E-state index contributed by atoms with van der Waals surface area (Å²) >= 11 is 5.80. The zero-order chi connectivity index (χ0) is 13.2. The van der Waals surface area contributed by atoms with Gasteiger partial charge in [-0.1, -0.05) is 18.5 Å². The lowest BCUT2D eigenvalue weighted by Crippen LogP contribution is -2.38. The molecule has 0 radical (unpaired) electrons. The predicted octanol–water partition coefficient (Wildman–Crippen LogP) is 2.70. The van der Waals surface area contributed by atoms with Gasteiger partial charge in [0.25, 0.3) is 0 Å². The van der Waals surface area contributed by atoms with Crippen LogP contribution >= 0.6 is 11.6 Å². The van der Waals surface area contributed by atoms with Gasteiger partial charge in [-0.05, 0) is 44.2 Å². The highest BCUT2D eigenvalue weighted by atomic mass is 35.5. The van der Waals surface area contributed by atoms with E-state index >= 15 is 0 Å². The van der Waals surface area contributed by atoms with Crippen molar-refractivity contribution in [3.8, 4) is 5.75 Å². The first-order chi connectivity index (χ1) is 8.72. The van der Waals surface area contributed by atoms with Crippen molar-refractivity contribution in [3.63, 3.8) is 0 Å². The van der Waals surface area contributed by atoms with Crippen LogP contribution in [0.4, 0.5) is 0 Å². The Morgan fingerprint density at radius 2 is 1.94 bits per heavy atom. The molecule has 1 aromatic carbocycles. The first-order valence-electron chi connectivity index (χ1n) is 6.55. The number of halogens is 1. The normalized spacial score (nSPS) is 12.4. The molecule has 3 nitrogen and oxygen atoms in total. The first-order valence-corrected chi connectivity index (χ1v) is 6.92. The third kappa shape index (κ3) is 6.84. The first kappa shape index (κ1) is 15.3. The molecule has 0 aliphatic rings. The quantitative estimate of drug-likeness (QED) is 0.677. The van der Waals surface area contributed by atoms with Crippen molar-refractivity contribution in [2.45, 2.75) is 26.3 Å². The van der Waals surface area contributed by atoms with Crippen molar-refractivity contribution in [1.29, 1.82) is 0 Å². The third-order valence-corrected chi connectivity index (χ3v) is 2.81. The summed E-state index contributed by atoms with van der Waals surface area (Å²) in [6.45, 7) is 7.93. The SMILES string of the molecule is CCCNCC(C)NCCOc1ccc(Cl)cc1. The molecular weight excluding hydrogens is 248 g/mol. The van der Waals surface area contributed by atoms with Gasteiger partial charge in [0.2, 0.25) is 0 Å². The van der Waals surface area contributed by atoms with E-state index in [9.17, 15) is 0 Å². The molecule has 18 heavy (non-hydrogen) atoms. The van der Waals surface area contributed by atoms with E-state index in [0.717, 1.165) is 30.4 Å². The molecule has 0 aliphatic heterocycles. The maximum atomic E-state index is 5.80. The predicted molar refractivity (Wildman–Crippen MR) is 77.6 cm³/mol. The molecule has 0 bridgehead atoms. The van der Waals surface area contributed by atoms with E-state index in [1.807, 2.05) is 24.3 Å². The summed E-state index contributed by atoms with van der Waals surface area (Å²) in [5.41, 5.74) is 0. The maximum Gasteiger partial charge on any atom is 0.119 e. The van der Waals surface area contributed by atoms with Gasteiger partial charge in [0, 0.05) is 24.2 Å². The lowest BCUT2D eigenvalue weighted by molar-refractivity contribution is 0.305. The smallest absolute Gasteiger partial charge is 0.119 e. The van der Waals surface area contributed by atoms with Crippen molar-refractivity contribution < 1.29 is 4.74 Å². The van der Waals surface area contributed by atoms with E-state index in [1.54, 1.807) is 0 Å². The van der Waals surface area contributed by atoms with Gasteiger partial charge < -0.3 is 15.4 Å². The molecule has 0 spiro atoms. The minimum Gasteiger partial charge on any atom is -0.492 e. The molecule has 0 saturated carbocycles. The minimum atomic E-state index is 0.463. The molecule has 1 rings (SSSR count). The van der Waals surface area contributed by atoms with Gasteiger partial charge in [-0.25, -0.2) is 0 Å². The Hall–Kier alpha value is -0.770. The summed E-state index contributed by atoms with van der Waals surface area (Å²) in [4.78, 5) is 0. The van der Waals surface area contributed by atoms with Crippen LogP contribution in [0.2, 0.25) is 5.02 Å². The second-order valence-corrected chi connectivity index (χ2v) is 4.80. The molecule has 1 unspecified atom stereocenters. The Bertz CT molecular complexity index is 316. The molecule has 0 saturated heterocycles. The summed E-state index contributed by atoms with van der Waals surface area (Å²) < 4.78 is 5.60. The molecule has 1 aromatic rings. The molecule has 4 heteroatoms. The fraction of sp³-hybridized carbons (Fsp3) is 0.571. The maximum absolute atomic E-state index is 5.80. The fourth-order valence-corrected chi connectivity index (χ4v) is 1.70. The van der Waals surface area contributed by atoms with Crippen molar-refractivity contribution in [2.75, 3.05) is 26.2 Å². The van der Waals surface area contributed by atoms with E-state index in [1.165, 1.54) is 6.42 Å². The Balaban J connectivity index is 2.05. The second-order valence-electron chi connectivity index (χ2n) is 4.36. The molecule has 0 aromatic heterocycles. The number of rotatable bonds is 9. The van der Waals surface area contributed by atoms with Gasteiger partial charge in [-0.2, -0.15) is 0 Å². The van der Waals surface area contributed by atoms with Crippen LogP contribution in [0.25, 0.3) is 0 Å².